The van der Waals surface area contributed by atoms with Crippen molar-refractivity contribution < 1.29 is 9.13 Å². The Morgan fingerprint density at radius 3 is 2.14 bits per heavy atom. The van der Waals surface area contributed by atoms with Crippen LogP contribution in [0.1, 0.15) is 25.3 Å². The molecule has 0 radical (unpaired) electrons. The minimum absolute atomic E-state index is 0.608. The Bertz CT molecular complexity index is 555. The van der Waals surface area contributed by atoms with Gasteiger partial charge in [0.05, 0.1) is 12.9 Å². The summed E-state index contributed by atoms with van der Waals surface area (Å²) in [7, 11) is 0. The van der Waals surface area contributed by atoms with Crippen molar-refractivity contribution in [1.29, 1.82) is 0 Å². The van der Waals surface area contributed by atoms with E-state index in [1.165, 1.54) is 16.7 Å². The molecule has 0 heterocycles. The monoisotopic (exact) mass is 284 g/mol. The Kier molecular flexibility index (Phi) is 6.01. The lowest BCUT2D eigenvalue weighted by atomic mass is 10.0. The third-order valence-electron chi connectivity index (χ3n) is 3.30. The van der Waals surface area contributed by atoms with Gasteiger partial charge in [0.25, 0.3) is 0 Å². The van der Waals surface area contributed by atoms with E-state index in [0.717, 1.165) is 31.6 Å². The second kappa shape index (κ2) is 8.25. The molecule has 21 heavy (non-hydrogen) atoms. The highest BCUT2D eigenvalue weighted by Gasteiger charge is 1.99. The zero-order valence-corrected chi connectivity index (χ0v) is 12.4. The van der Waals surface area contributed by atoms with Gasteiger partial charge in [0.15, 0.2) is 0 Å². The molecule has 0 saturated carbocycles. The summed E-state index contributed by atoms with van der Waals surface area (Å²) in [5.41, 5.74) is 3.58. The molecule has 2 rings (SSSR count). The molecule has 0 unspecified atom stereocenters. The smallest absolute Gasteiger partial charge is 0.119 e. The number of aryl methyl sites for hydroxylation is 1. The van der Waals surface area contributed by atoms with Crippen LogP contribution in [-0.2, 0) is 6.42 Å². The van der Waals surface area contributed by atoms with Crippen LogP contribution in [0.15, 0.2) is 60.9 Å². The highest BCUT2D eigenvalue weighted by molar-refractivity contribution is 5.64. The number of hydrogen-bond donors (Lipinski definition) is 0. The second-order valence-electron chi connectivity index (χ2n) is 4.97. The summed E-state index contributed by atoms with van der Waals surface area (Å²) in [5, 5.41) is 0. The molecular formula is C19H21FO. The first-order valence-corrected chi connectivity index (χ1v) is 7.41. The van der Waals surface area contributed by atoms with Gasteiger partial charge in [-0.05, 0) is 48.1 Å². The van der Waals surface area contributed by atoms with Crippen molar-refractivity contribution in [2.45, 2.75) is 26.2 Å². The molecule has 2 heteroatoms. The van der Waals surface area contributed by atoms with Crippen molar-refractivity contribution >= 4 is 0 Å². The van der Waals surface area contributed by atoms with Gasteiger partial charge in [-0.25, -0.2) is 4.39 Å². The van der Waals surface area contributed by atoms with Gasteiger partial charge in [0.1, 0.15) is 5.75 Å². The molecule has 0 aliphatic rings. The van der Waals surface area contributed by atoms with E-state index in [-0.39, 0.29) is 0 Å². The largest absolute Gasteiger partial charge is 0.494 e. The summed E-state index contributed by atoms with van der Waals surface area (Å²) in [6.45, 7) is 2.85. The van der Waals surface area contributed by atoms with Crippen LogP contribution in [0.25, 0.3) is 11.1 Å². The summed E-state index contributed by atoms with van der Waals surface area (Å²) in [6.07, 6.45) is 4.77. The number of benzene rings is 2. The third kappa shape index (κ3) is 4.75. The van der Waals surface area contributed by atoms with Crippen LogP contribution < -0.4 is 4.74 Å². The fourth-order valence-electron chi connectivity index (χ4n) is 2.14. The van der Waals surface area contributed by atoms with Crippen molar-refractivity contribution in [1.82, 2.24) is 0 Å². The molecule has 0 aromatic heterocycles. The van der Waals surface area contributed by atoms with Crippen molar-refractivity contribution in [2.75, 3.05) is 6.61 Å². The fourth-order valence-corrected chi connectivity index (χ4v) is 2.14. The molecule has 2 aromatic carbocycles. The molecule has 0 saturated heterocycles. The van der Waals surface area contributed by atoms with Crippen molar-refractivity contribution in [2.24, 2.45) is 0 Å². The maximum absolute atomic E-state index is 11.9. The standard InChI is InChI=1S/C19H21FO/c1-2-15-21-19-12-10-18(11-13-19)17-8-6-16(7-9-17)5-3-4-14-20/h4,6-14H,2-3,5,15H2,1H3/b14-4+. The molecule has 0 bridgehead atoms. The number of halogens is 1. The molecule has 0 aliphatic heterocycles. The topological polar surface area (TPSA) is 9.23 Å². The maximum Gasteiger partial charge on any atom is 0.119 e. The summed E-state index contributed by atoms with van der Waals surface area (Å²) < 4.78 is 17.5. The van der Waals surface area contributed by atoms with Crippen molar-refractivity contribution in [3.8, 4) is 16.9 Å². The van der Waals surface area contributed by atoms with Gasteiger partial charge in [0.2, 0.25) is 0 Å². The van der Waals surface area contributed by atoms with E-state index < -0.39 is 0 Å². The van der Waals surface area contributed by atoms with E-state index in [1.54, 1.807) is 6.08 Å². The van der Waals surface area contributed by atoms with Crippen LogP contribution in [-0.4, -0.2) is 6.61 Å². The van der Waals surface area contributed by atoms with E-state index in [0.29, 0.717) is 6.33 Å². The van der Waals surface area contributed by atoms with Gasteiger partial charge in [-0.2, -0.15) is 0 Å². The summed E-state index contributed by atoms with van der Waals surface area (Å²) in [6, 6.07) is 16.6. The van der Waals surface area contributed by atoms with Gasteiger partial charge in [-0.1, -0.05) is 49.4 Å². The maximum atomic E-state index is 11.9. The van der Waals surface area contributed by atoms with Crippen LogP contribution >= 0.6 is 0 Å². The molecule has 0 N–H and O–H groups in total. The lowest BCUT2D eigenvalue weighted by Crippen LogP contribution is -1.94. The molecule has 1 nitrogen and oxygen atoms in total. The molecule has 0 aliphatic carbocycles. The first-order chi connectivity index (χ1) is 10.3. The van der Waals surface area contributed by atoms with Gasteiger partial charge in [-0.15, -0.1) is 0 Å². The van der Waals surface area contributed by atoms with Crippen LogP contribution in [0.4, 0.5) is 4.39 Å². The Hall–Kier alpha value is -2.09. The number of rotatable bonds is 7. The molecule has 0 atom stereocenters. The van der Waals surface area contributed by atoms with Gasteiger partial charge >= 0.3 is 0 Å². The van der Waals surface area contributed by atoms with Crippen LogP contribution in [0.3, 0.4) is 0 Å². The minimum atomic E-state index is 0.608. The summed E-state index contributed by atoms with van der Waals surface area (Å²) in [5.74, 6) is 0.912. The normalized spacial score (nSPS) is 11.0. The predicted molar refractivity (Wildman–Crippen MR) is 86.2 cm³/mol. The SMILES string of the molecule is CCCOc1ccc(-c2ccc(CC/C=C/F)cc2)cc1. The average molecular weight is 284 g/mol. The lowest BCUT2D eigenvalue weighted by molar-refractivity contribution is 0.317. The fraction of sp³-hybridized carbons (Fsp3) is 0.263. The zero-order valence-electron chi connectivity index (χ0n) is 12.4. The third-order valence-corrected chi connectivity index (χ3v) is 3.30. The number of hydrogen-bond acceptors (Lipinski definition) is 1. The molecule has 2 aromatic rings. The molecular weight excluding hydrogens is 263 g/mol. The predicted octanol–water partition coefficient (Wildman–Crippen LogP) is 5.56. The average Bonchev–Trinajstić information content (AvgIpc) is 2.54. The number of allylic oxidation sites excluding steroid dienone is 1. The first kappa shape index (κ1) is 15.3. The Morgan fingerprint density at radius 1 is 0.952 bits per heavy atom. The minimum Gasteiger partial charge on any atom is -0.494 e. The van der Waals surface area contributed by atoms with Gasteiger partial charge in [-0.3, -0.25) is 0 Å². The van der Waals surface area contributed by atoms with E-state index >= 15 is 0 Å². The first-order valence-electron chi connectivity index (χ1n) is 7.41. The zero-order chi connectivity index (χ0) is 14.9. The van der Waals surface area contributed by atoms with Crippen molar-refractivity contribution in [3.63, 3.8) is 0 Å². The van der Waals surface area contributed by atoms with Gasteiger partial charge in [0, 0.05) is 0 Å². The van der Waals surface area contributed by atoms with E-state index in [4.69, 9.17) is 4.74 Å². The highest BCUT2D eigenvalue weighted by Crippen LogP contribution is 2.23. The highest BCUT2D eigenvalue weighted by atomic mass is 19.1. The molecule has 0 amide bonds. The van der Waals surface area contributed by atoms with Crippen LogP contribution in [0.5, 0.6) is 5.75 Å². The van der Waals surface area contributed by atoms with Gasteiger partial charge < -0.3 is 4.74 Å². The Balaban J connectivity index is 2.01. The van der Waals surface area contributed by atoms with E-state index in [2.05, 4.69) is 43.3 Å². The van der Waals surface area contributed by atoms with E-state index in [1.807, 2.05) is 12.1 Å². The quantitative estimate of drug-likeness (QED) is 0.647. The summed E-state index contributed by atoms with van der Waals surface area (Å²) in [4.78, 5) is 0. The molecule has 0 spiro atoms. The Labute approximate surface area is 126 Å². The molecule has 0 fully saturated rings. The lowest BCUT2D eigenvalue weighted by Gasteiger charge is -2.07. The van der Waals surface area contributed by atoms with E-state index in [9.17, 15) is 4.39 Å². The molecule has 110 valence electrons. The van der Waals surface area contributed by atoms with Crippen LogP contribution in [0, 0.1) is 0 Å². The summed E-state index contributed by atoms with van der Waals surface area (Å²) >= 11 is 0. The Morgan fingerprint density at radius 2 is 1.57 bits per heavy atom. The van der Waals surface area contributed by atoms with Crippen molar-refractivity contribution in [3.05, 3.63) is 66.5 Å². The second-order valence-corrected chi connectivity index (χ2v) is 4.97. The van der Waals surface area contributed by atoms with Crippen LogP contribution in [0.2, 0.25) is 0 Å². The number of ether oxygens (including phenoxy) is 1.